The van der Waals surface area contributed by atoms with Gasteiger partial charge in [0.1, 0.15) is 0 Å². The smallest absolute Gasteiger partial charge is 0.0786 e. The molecule has 1 nitrogen and oxygen atoms in total. The van der Waals surface area contributed by atoms with Crippen molar-refractivity contribution in [3.63, 3.8) is 0 Å². The molecule has 198 valence electrons. The highest BCUT2D eigenvalue weighted by Crippen LogP contribution is 2.45. The fourth-order valence-corrected chi connectivity index (χ4v) is 10.4. The molecule has 0 aliphatic rings. The third-order valence-corrected chi connectivity index (χ3v) is 13.4. The molecule has 1 atom stereocenters. The largest absolute Gasteiger partial charge is 0.256 e. The second kappa shape index (κ2) is 10.0. The van der Waals surface area contributed by atoms with Gasteiger partial charge in [-0.05, 0) is 60.8 Å². The minimum Gasteiger partial charge on any atom is -0.256 e. The van der Waals surface area contributed by atoms with Gasteiger partial charge in [-0.1, -0.05) is 151 Å². The highest BCUT2D eigenvalue weighted by Gasteiger charge is 2.26. The van der Waals surface area contributed by atoms with Gasteiger partial charge in [-0.2, -0.15) is 0 Å². The maximum atomic E-state index is 6.78. The monoisotopic (exact) mass is 571 g/mol. The van der Waals surface area contributed by atoms with Gasteiger partial charge in [0, 0.05) is 28.3 Å². The highest BCUT2D eigenvalue weighted by atomic mass is 32.4. The summed E-state index contributed by atoms with van der Waals surface area (Å²) in [5.41, 5.74) is 3.38. The fourth-order valence-electron chi connectivity index (χ4n) is 6.35. The van der Waals surface area contributed by atoms with Crippen LogP contribution in [0.4, 0.5) is 0 Å². The molecule has 0 saturated carbocycles. The van der Waals surface area contributed by atoms with E-state index in [0.717, 1.165) is 10.9 Å². The average molecular weight is 572 g/mol. The van der Waals surface area contributed by atoms with Crippen LogP contribution in [0, 0.1) is 0 Å². The van der Waals surface area contributed by atoms with E-state index in [1.165, 1.54) is 59.4 Å². The van der Waals surface area contributed by atoms with Gasteiger partial charge in [-0.3, -0.25) is 4.98 Å². The molecule has 1 heterocycles. The number of nitrogens with zero attached hydrogens (tertiary/aromatic N) is 1. The Bertz CT molecular complexity index is 2320. The summed E-state index contributed by atoms with van der Waals surface area (Å²) in [6.07, 6.45) is 1.89. The summed E-state index contributed by atoms with van der Waals surface area (Å²) in [4.78, 5) is 4.86. The van der Waals surface area contributed by atoms with Crippen LogP contribution in [0.2, 0.25) is 0 Å². The van der Waals surface area contributed by atoms with E-state index in [4.69, 9.17) is 16.8 Å². The van der Waals surface area contributed by atoms with Crippen LogP contribution in [-0.2, 0) is 11.8 Å². The first-order chi connectivity index (χ1) is 20.7. The lowest BCUT2D eigenvalue weighted by molar-refractivity contribution is 1.43. The first kappa shape index (κ1) is 25.1. The number of hydrogen-bond donors (Lipinski definition) is 0. The zero-order valence-corrected chi connectivity index (χ0v) is 24.5. The summed E-state index contributed by atoms with van der Waals surface area (Å²) in [5.74, 6) is 0. The third-order valence-electron chi connectivity index (χ3n) is 8.38. The van der Waals surface area contributed by atoms with Crippen LogP contribution < -0.4 is 15.9 Å². The maximum Gasteiger partial charge on any atom is 0.0786 e. The first-order valence-electron chi connectivity index (χ1n) is 14.2. The van der Waals surface area contributed by atoms with Gasteiger partial charge >= 0.3 is 0 Å². The van der Waals surface area contributed by atoms with Crippen LogP contribution in [0.3, 0.4) is 0 Å². The van der Waals surface area contributed by atoms with Crippen LogP contribution in [-0.4, -0.2) is 4.98 Å². The van der Waals surface area contributed by atoms with Crippen LogP contribution in [0.25, 0.3) is 54.3 Å². The molecule has 7 aromatic carbocycles. The van der Waals surface area contributed by atoms with Crippen LogP contribution >= 0.6 is 6.04 Å². The van der Waals surface area contributed by atoms with Crippen molar-refractivity contribution in [3.8, 4) is 11.1 Å². The molecular formula is C39H26NPS. The quantitative estimate of drug-likeness (QED) is 0.154. The van der Waals surface area contributed by atoms with E-state index in [-0.39, 0.29) is 0 Å². The van der Waals surface area contributed by atoms with E-state index >= 15 is 0 Å². The Hall–Kier alpha value is -4.62. The molecule has 0 aliphatic carbocycles. The molecule has 0 bridgehead atoms. The van der Waals surface area contributed by atoms with E-state index < -0.39 is 6.04 Å². The third kappa shape index (κ3) is 3.91. The fraction of sp³-hybridized carbons (Fsp3) is 0. The second-order valence-electron chi connectivity index (χ2n) is 10.7. The summed E-state index contributed by atoms with van der Waals surface area (Å²) in [6, 6.07) is 52.1. The highest BCUT2D eigenvalue weighted by molar-refractivity contribution is 8.25. The van der Waals surface area contributed by atoms with Crippen molar-refractivity contribution < 1.29 is 0 Å². The minimum absolute atomic E-state index is 1.03. The molecule has 0 saturated heterocycles. The summed E-state index contributed by atoms with van der Waals surface area (Å²) < 4.78 is 0. The van der Waals surface area contributed by atoms with Gasteiger partial charge in [0.2, 0.25) is 0 Å². The van der Waals surface area contributed by atoms with Gasteiger partial charge in [0.15, 0.2) is 0 Å². The van der Waals surface area contributed by atoms with Gasteiger partial charge < -0.3 is 0 Å². The molecule has 8 rings (SSSR count). The number of pyridine rings is 1. The predicted molar refractivity (Wildman–Crippen MR) is 186 cm³/mol. The SMILES string of the molecule is S=P(c1ccccc1)(c1ccc(-c2cc3c4ccccc4ccc3c3ncccc23)cc1)c1cccc2ccccc12. The van der Waals surface area contributed by atoms with Crippen molar-refractivity contribution in [3.05, 3.63) is 158 Å². The Balaban J connectivity index is 1.35. The van der Waals surface area contributed by atoms with Crippen LogP contribution in [0.5, 0.6) is 0 Å². The number of aromatic nitrogens is 1. The molecule has 0 N–H and O–H groups in total. The van der Waals surface area contributed by atoms with E-state index in [2.05, 4.69) is 146 Å². The topological polar surface area (TPSA) is 12.9 Å². The van der Waals surface area contributed by atoms with Crippen molar-refractivity contribution in [2.45, 2.75) is 0 Å². The molecule has 8 aromatic rings. The Morgan fingerprint density at radius 3 is 1.90 bits per heavy atom. The lowest BCUT2D eigenvalue weighted by Gasteiger charge is -2.26. The first-order valence-corrected chi connectivity index (χ1v) is 17.0. The number of benzene rings is 7. The van der Waals surface area contributed by atoms with Crippen molar-refractivity contribution in [1.29, 1.82) is 0 Å². The molecule has 0 radical (unpaired) electrons. The van der Waals surface area contributed by atoms with Gasteiger partial charge in [0.25, 0.3) is 0 Å². The van der Waals surface area contributed by atoms with Crippen LogP contribution in [0.15, 0.2) is 158 Å². The van der Waals surface area contributed by atoms with Crippen molar-refractivity contribution in [2.75, 3.05) is 0 Å². The Kier molecular flexibility index (Phi) is 6.00. The zero-order valence-electron chi connectivity index (χ0n) is 22.8. The summed E-state index contributed by atoms with van der Waals surface area (Å²) >= 11 is 6.78. The van der Waals surface area contributed by atoms with E-state index in [1.54, 1.807) is 0 Å². The van der Waals surface area contributed by atoms with Gasteiger partial charge in [-0.15, -0.1) is 0 Å². The Labute approximate surface area is 250 Å². The summed E-state index contributed by atoms with van der Waals surface area (Å²) in [6.45, 7) is 0. The van der Waals surface area contributed by atoms with E-state index in [9.17, 15) is 0 Å². The van der Waals surface area contributed by atoms with Gasteiger partial charge in [-0.25, -0.2) is 0 Å². The van der Waals surface area contributed by atoms with E-state index in [0.29, 0.717) is 0 Å². The molecule has 0 amide bonds. The average Bonchev–Trinajstić information content (AvgIpc) is 3.07. The molecule has 0 aliphatic heterocycles. The molecule has 42 heavy (non-hydrogen) atoms. The lowest BCUT2D eigenvalue weighted by Crippen LogP contribution is -2.25. The maximum absolute atomic E-state index is 6.78. The van der Waals surface area contributed by atoms with Gasteiger partial charge in [0.05, 0.1) is 5.52 Å². The molecule has 0 spiro atoms. The van der Waals surface area contributed by atoms with Crippen molar-refractivity contribution >= 4 is 77.0 Å². The predicted octanol–water partition coefficient (Wildman–Crippen LogP) is 9.12. The zero-order chi connectivity index (χ0) is 28.1. The van der Waals surface area contributed by atoms with Crippen LogP contribution in [0.1, 0.15) is 0 Å². The standard InChI is InChI=1S/C39H26NPS/c42-41(30-13-2-1-3-14-30,38-18-8-12-27-10-5-7-16-33(27)38)31-22-19-29(20-23-31)36-26-37-32-15-6-4-11-28(32)21-24-35(37)39-34(36)17-9-25-40-39/h1-26H. The van der Waals surface area contributed by atoms with Crippen molar-refractivity contribution in [1.82, 2.24) is 4.98 Å². The molecule has 3 heteroatoms. The molecule has 0 fully saturated rings. The molecule has 1 unspecified atom stereocenters. The molecular weight excluding hydrogens is 545 g/mol. The minimum atomic E-state index is -2.33. The molecule has 1 aromatic heterocycles. The van der Waals surface area contributed by atoms with E-state index in [1.807, 2.05) is 12.3 Å². The number of fused-ring (bicyclic) bond motifs is 6. The Morgan fingerprint density at radius 1 is 0.452 bits per heavy atom. The number of rotatable bonds is 4. The summed E-state index contributed by atoms with van der Waals surface area (Å²) in [7, 11) is 0. The van der Waals surface area contributed by atoms with Crippen molar-refractivity contribution in [2.24, 2.45) is 0 Å². The normalized spacial score (nSPS) is 13.0. The number of hydrogen-bond acceptors (Lipinski definition) is 2. The Morgan fingerprint density at radius 2 is 1.10 bits per heavy atom. The summed E-state index contributed by atoms with van der Waals surface area (Å²) in [5, 5.41) is 12.1. The lowest BCUT2D eigenvalue weighted by atomic mass is 9.93. The second-order valence-corrected chi connectivity index (χ2v) is 15.1.